The van der Waals surface area contributed by atoms with E-state index in [1.54, 1.807) is 6.92 Å². The van der Waals surface area contributed by atoms with Crippen molar-refractivity contribution in [3.05, 3.63) is 33.7 Å². The molecule has 1 aliphatic rings. The van der Waals surface area contributed by atoms with Crippen LogP contribution in [0.15, 0.2) is 21.3 Å². The fourth-order valence-corrected chi connectivity index (χ4v) is 2.61. The maximum atomic E-state index is 12.1. The topological polar surface area (TPSA) is 91.9 Å². The van der Waals surface area contributed by atoms with E-state index in [9.17, 15) is 15.0 Å². The van der Waals surface area contributed by atoms with Gasteiger partial charge in [0.15, 0.2) is 0 Å². The van der Waals surface area contributed by atoms with E-state index in [0.717, 1.165) is 6.54 Å². The molecule has 0 aliphatic carbocycles. The number of aromatic hydroxyl groups is 2. The predicted octanol–water partition coefficient (Wildman–Crippen LogP) is 1.17. The SMILES string of the molecule is Cc1c(C2CNCCO2)c(=O)oc2cc(O)cc(O)c12. The zero-order valence-corrected chi connectivity index (χ0v) is 11.0. The third-order valence-corrected chi connectivity index (χ3v) is 3.52. The molecule has 3 N–H and O–H groups in total. The highest BCUT2D eigenvalue weighted by molar-refractivity contribution is 5.88. The van der Waals surface area contributed by atoms with Gasteiger partial charge in [0.05, 0.1) is 17.6 Å². The molecule has 3 rings (SSSR count). The molecule has 106 valence electrons. The van der Waals surface area contributed by atoms with Crippen LogP contribution in [0.1, 0.15) is 17.2 Å². The number of hydrogen-bond donors (Lipinski definition) is 3. The van der Waals surface area contributed by atoms with Crippen molar-refractivity contribution in [3.8, 4) is 11.5 Å². The first kappa shape index (κ1) is 13.0. The largest absolute Gasteiger partial charge is 0.508 e. The summed E-state index contributed by atoms with van der Waals surface area (Å²) in [6.45, 7) is 3.52. The number of nitrogens with one attached hydrogen (secondary N) is 1. The van der Waals surface area contributed by atoms with Crippen LogP contribution < -0.4 is 10.9 Å². The molecule has 6 nitrogen and oxygen atoms in total. The molecule has 1 saturated heterocycles. The monoisotopic (exact) mass is 277 g/mol. The van der Waals surface area contributed by atoms with Crippen molar-refractivity contribution in [2.24, 2.45) is 0 Å². The Labute approximate surface area is 114 Å². The minimum atomic E-state index is -0.506. The van der Waals surface area contributed by atoms with Gasteiger partial charge in [0.25, 0.3) is 0 Å². The molecule has 0 amide bonds. The molecule has 1 fully saturated rings. The van der Waals surface area contributed by atoms with Crippen LogP contribution in [0.4, 0.5) is 0 Å². The van der Waals surface area contributed by atoms with E-state index in [1.807, 2.05) is 0 Å². The lowest BCUT2D eigenvalue weighted by Gasteiger charge is -2.24. The molecule has 1 atom stereocenters. The van der Waals surface area contributed by atoms with E-state index in [0.29, 0.717) is 29.7 Å². The highest BCUT2D eigenvalue weighted by atomic mass is 16.5. The van der Waals surface area contributed by atoms with Gasteiger partial charge in [-0.3, -0.25) is 0 Å². The van der Waals surface area contributed by atoms with Gasteiger partial charge in [-0.15, -0.1) is 0 Å². The number of hydrogen-bond acceptors (Lipinski definition) is 6. The van der Waals surface area contributed by atoms with Crippen LogP contribution in [0.25, 0.3) is 11.0 Å². The third kappa shape index (κ3) is 2.03. The molecule has 1 aliphatic heterocycles. The van der Waals surface area contributed by atoms with Gasteiger partial charge in [-0.25, -0.2) is 4.79 Å². The minimum Gasteiger partial charge on any atom is -0.508 e. The second kappa shape index (κ2) is 4.81. The van der Waals surface area contributed by atoms with Crippen molar-refractivity contribution in [2.45, 2.75) is 13.0 Å². The number of fused-ring (bicyclic) bond motifs is 1. The van der Waals surface area contributed by atoms with Gasteiger partial charge in [-0.2, -0.15) is 0 Å². The fourth-order valence-electron chi connectivity index (χ4n) is 2.61. The number of morpholine rings is 1. The Bertz CT molecular complexity index is 716. The predicted molar refractivity (Wildman–Crippen MR) is 72.1 cm³/mol. The molecule has 1 aromatic heterocycles. The van der Waals surface area contributed by atoms with Crippen LogP contribution in [0.5, 0.6) is 11.5 Å². The number of benzene rings is 1. The molecule has 0 bridgehead atoms. The summed E-state index contributed by atoms with van der Waals surface area (Å²) >= 11 is 0. The number of aryl methyl sites for hydroxylation is 1. The lowest BCUT2D eigenvalue weighted by Crippen LogP contribution is -2.35. The summed E-state index contributed by atoms with van der Waals surface area (Å²) in [5.74, 6) is -0.271. The summed E-state index contributed by atoms with van der Waals surface area (Å²) in [6, 6.07) is 2.53. The molecule has 1 aromatic carbocycles. The smallest absolute Gasteiger partial charge is 0.342 e. The van der Waals surface area contributed by atoms with E-state index in [-0.39, 0.29) is 17.1 Å². The first-order valence-corrected chi connectivity index (χ1v) is 6.39. The number of phenols is 2. The summed E-state index contributed by atoms with van der Waals surface area (Å²) in [5.41, 5.74) is 0.680. The fraction of sp³-hybridized carbons (Fsp3) is 0.357. The van der Waals surface area contributed by atoms with Crippen molar-refractivity contribution < 1.29 is 19.4 Å². The Kier molecular flexibility index (Phi) is 3.11. The molecule has 0 spiro atoms. The van der Waals surface area contributed by atoms with Gasteiger partial charge >= 0.3 is 5.63 Å². The maximum absolute atomic E-state index is 12.1. The maximum Gasteiger partial charge on any atom is 0.342 e. The van der Waals surface area contributed by atoms with Crippen molar-refractivity contribution in [1.29, 1.82) is 0 Å². The first-order valence-electron chi connectivity index (χ1n) is 6.39. The summed E-state index contributed by atoms with van der Waals surface area (Å²) in [5, 5.41) is 23.0. The normalized spacial score (nSPS) is 19.4. The van der Waals surface area contributed by atoms with Crippen molar-refractivity contribution in [3.63, 3.8) is 0 Å². The van der Waals surface area contributed by atoms with Gasteiger partial charge in [0, 0.05) is 25.2 Å². The summed E-state index contributed by atoms with van der Waals surface area (Å²) in [4.78, 5) is 12.1. The minimum absolute atomic E-state index is 0.119. The summed E-state index contributed by atoms with van der Waals surface area (Å²) in [7, 11) is 0. The van der Waals surface area contributed by atoms with E-state index >= 15 is 0 Å². The summed E-state index contributed by atoms with van der Waals surface area (Å²) < 4.78 is 10.8. The van der Waals surface area contributed by atoms with Gasteiger partial charge in [-0.05, 0) is 12.5 Å². The van der Waals surface area contributed by atoms with Gasteiger partial charge in [0.1, 0.15) is 23.2 Å². The van der Waals surface area contributed by atoms with Gasteiger partial charge in [-0.1, -0.05) is 0 Å². The lowest BCUT2D eigenvalue weighted by molar-refractivity contribution is 0.0254. The average Bonchev–Trinajstić information content (AvgIpc) is 2.38. The third-order valence-electron chi connectivity index (χ3n) is 3.52. The second-order valence-corrected chi connectivity index (χ2v) is 4.83. The van der Waals surface area contributed by atoms with E-state index in [1.165, 1.54) is 12.1 Å². The molecule has 0 saturated carbocycles. The van der Waals surface area contributed by atoms with Crippen LogP contribution in [-0.2, 0) is 4.74 Å². The second-order valence-electron chi connectivity index (χ2n) is 4.83. The summed E-state index contributed by atoms with van der Waals surface area (Å²) in [6.07, 6.45) is -0.391. The Balaban J connectivity index is 2.25. The Hall–Kier alpha value is -2.05. The molecule has 2 heterocycles. The first-order chi connectivity index (χ1) is 9.58. The van der Waals surface area contributed by atoms with Gasteiger partial charge in [0.2, 0.25) is 0 Å². The highest BCUT2D eigenvalue weighted by Gasteiger charge is 2.24. The van der Waals surface area contributed by atoms with Crippen LogP contribution in [0.3, 0.4) is 0 Å². The van der Waals surface area contributed by atoms with Crippen LogP contribution in [0, 0.1) is 6.92 Å². The zero-order valence-electron chi connectivity index (χ0n) is 11.0. The standard InChI is InChI=1S/C14H15NO5/c1-7-12-9(17)4-8(16)5-10(12)20-14(18)13(7)11-6-15-2-3-19-11/h4-5,11,15-17H,2-3,6H2,1H3. The van der Waals surface area contributed by atoms with Crippen molar-refractivity contribution in [2.75, 3.05) is 19.7 Å². The number of phenolic OH excluding ortho intramolecular Hbond substituents is 2. The van der Waals surface area contributed by atoms with Crippen molar-refractivity contribution in [1.82, 2.24) is 5.32 Å². The quantitative estimate of drug-likeness (QED) is 0.678. The number of ether oxygens (including phenoxy) is 1. The van der Waals surface area contributed by atoms with E-state index < -0.39 is 11.7 Å². The van der Waals surface area contributed by atoms with E-state index in [2.05, 4.69) is 5.32 Å². The van der Waals surface area contributed by atoms with Crippen molar-refractivity contribution >= 4 is 11.0 Å². The molecular formula is C14H15NO5. The Morgan fingerprint density at radius 1 is 1.35 bits per heavy atom. The highest BCUT2D eigenvalue weighted by Crippen LogP contribution is 2.34. The number of rotatable bonds is 1. The molecular weight excluding hydrogens is 262 g/mol. The Morgan fingerprint density at radius 3 is 2.85 bits per heavy atom. The Morgan fingerprint density at radius 2 is 2.15 bits per heavy atom. The molecule has 6 heteroatoms. The van der Waals surface area contributed by atoms with Crippen LogP contribution >= 0.6 is 0 Å². The molecule has 20 heavy (non-hydrogen) atoms. The van der Waals surface area contributed by atoms with E-state index in [4.69, 9.17) is 9.15 Å². The average molecular weight is 277 g/mol. The molecule has 0 radical (unpaired) electrons. The van der Waals surface area contributed by atoms with Gasteiger partial charge < -0.3 is 24.7 Å². The van der Waals surface area contributed by atoms with Crippen LogP contribution in [-0.4, -0.2) is 29.9 Å². The van der Waals surface area contributed by atoms with Crippen LogP contribution in [0.2, 0.25) is 0 Å². The molecule has 1 unspecified atom stereocenters. The molecule has 2 aromatic rings. The zero-order chi connectivity index (χ0) is 14.3. The lowest BCUT2D eigenvalue weighted by atomic mass is 10.0.